The molecule has 1 heterocycles. The van der Waals surface area contributed by atoms with Crippen LogP contribution in [0.1, 0.15) is 5.56 Å². The molecule has 0 spiro atoms. The lowest BCUT2D eigenvalue weighted by atomic mass is 10.2. The molecule has 12 heavy (non-hydrogen) atoms. The normalized spacial score (nSPS) is 10.8. The van der Waals surface area contributed by atoms with E-state index in [9.17, 15) is 0 Å². The van der Waals surface area contributed by atoms with Crippen molar-refractivity contribution in [3.63, 3.8) is 0 Å². The van der Waals surface area contributed by atoms with Gasteiger partial charge in [-0.25, -0.2) is 4.98 Å². The number of nitrogens with two attached hydrogens (primary N) is 1. The van der Waals surface area contributed by atoms with E-state index in [-0.39, 0.29) is 0 Å². The van der Waals surface area contributed by atoms with Gasteiger partial charge in [-0.3, -0.25) is 0 Å². The molecule has 4 heteroatoms. The number of halogens is 1. The minimum absolute atomic E-state index is 0.363. The van der Waals surface area contributed by atoms with Crippen molar-refractivity contribution in [3.05, 3.63) is 35.1 Å². The van der Waals surface area contributed by atoms with Crippen LogP contribution in [0.2, 0.25) is 5.15 Å². The molecule has 0 saturated carbocycles. The molecule has 0 aliphatic heterocycles. The molecule has 1 rings (SSSR count). The second-order valence-electron chi connectivity index (χ2n) is 2.10. The van der Waals surface area contributed by atoms with E-state index in [1.165, 1.54) is 12.3 Å². The Kier molecular flexibility index (Phi) is 2.67. The topological polar surface area (TPSA) is 62.7 Å². The van der Waals surface area contributed by atoms with Gasteiger partial charge < -0.3 is 5.73 Å². The molecule has 0 fully saturated rings. The number of hydrogen-bond donors (Lipinski definition) is 1. The van der Waals surface area contributed by atoms with Crippen LogP contribution in [0.3, 0.4) is 0 Å². The fourth-order valence-corrected chi connectivity index (χ4v) is 0.909. The summed E-state index contributed by atoms with van der Waals surface area (Å²) >= 11 is 5.61. The van der Waals surface area contributed by atoms with E-state index in [2.05, 4.69) is 4.98 Å². The van der Waals surface area contributed by atoms with Crippen LogP contribution in [0.5, 0.6) is 0 Å². The molecule has 0 amide bonds. The molecule has 0 aliphatic rings. The highest BCUT2D eigenvalue weighted by atomic mass is 35.5. The third-order valence-electron chi connectivity index (χ3n) is 1.28. The molecule has 1 aromatic heterocycles. The predicted octanol–water partition coefficient (Wildman–Crippen LogP) is 1.56. The number of pyridine rings is 1. The number of allylic oxidation sites excluding steroid dienone is 1. The lowest BCUT2D eigenvalue weighted by Crippen LogP contribution is -1.95. The van der Waals surface area contributed by atoms with Crippen molar-refractivity contribution in [2.24, 2.45) is 5.73 Å². The summed E-state index contributed by atoms with van der Waals surface area (Å²) < 4.78 is 0. The lowest BCUT2D eigenvalue weighted by molar-refractivity contribution is 1.31. The zero-order chi connectivity index (χ0) is 8.97. The van der Waals surface area contributed by atoms with Gasteiger partial charge in [0.05, 0.1) is 6.07 Å². The minimum atomic E-state index is 0.363. The maximum absolute atomic E-state index is 8.31. The Balaban J connectivity index is 3.05. The minimum Gasteiger partial charge on any atom is -0.398 e. The largest absolute Gasteiger partial charge is 0.398 e. The zero-order valence-electron chi connectivity index (χ0n) is 6.16. The summed E-state index contributed by atoms with van der Waals surface area (Å²) in [6.07, 6.45) is 2.79. The predicted molar refractivity (Wildman–Crippen MR) is 47.0 cm³/mol. The molecule has 2 N–H and O–H groups in total. The van der Waals surface area contributed by atoms with Crippen molar-refractivity contribution in [2.45, 2.75) is 0 Å². The first-order valence-corrected chi connectivity index (χ1v) is 3.59. The molecule has 60 valence electrons. The number of nitriles is 1. The van der Waals surface area contributed by atoms with Gasteiger partial charge in [0, 0.05) is 23.5 Å². The molecular weight excluding hydrogens is 174 g/mol. The average molecular weight is 180 g/mol. The molecule has 0 aliphatic carbocycles. The molecule has 0 radical (unpaired) electrons. The van der Waals surface area contributed by atoms with E-state index in [4.69, 9.17) is 22.6 Å². The number of hydrogen-bond acceptors (Lipinski definition) is 3. The molecule has 0 unspecified atom stereocenters. The SMILES string of the molecule is N#C/C=C(\N)c1ccnc(Cl)c1. The molecule has 0 saturated heterocycles. The highest BCUT2D eigenvalue weighted by Crippen LogP contribution is 2.11. The maximum atomic E-state index is 8.31. The van der Waals surface area contributed by atoms with Crippen LogP contribution in [0, 0.1) is 11.3 Å². The Labute approximate surface area is 75.1 Å². The van der Waals surface area contributed by atoms with E-state index < -0.39 is 0 Å². The first kappa shape index (κ1) is 8.57. The van der Waals surface area contributed by atoms with Crippen molar-refractivity contribution < 1.29 is 0 Å². The van der Waals surface area contributed by atoms with Gasteiger partial charge in [0.15, 0.2) is 0 Å². The fraction of sp³-hybridized carbons (Fsp3) is 0. The summed E-state index contributed by atoms with van der Waals surface area (Å²) in [5, 5.41) is 8.68. The van der Waals surface area contributed by atoms with E-state index >= 15 is 0 Å². The van der Waals surface area contributed by atoms with E-state index in [0.717, 1.165) is 0 Å². The second-order valence-corrected chi connectivity index (χ2v) is 2.48. The van der Waals surface area contributed by atoms with Crippen LogP contribution >= 0.6 is 11.6 Å². The Morgan fingerprint density at radius 3 is 3.08 bits per heavy atom. The van der Waals surface area contributed by atoms with Crippen LogP contribution in [-0.2, 0) is 0 Å². The standard InChI is InChI=1S/C8H6ClN3/c9-8-5-6(2-4-12-8)7(11)1-3-10/h1-2,4-5H,11H2/b7-1-. The van der Waals surface area contributed by atoms with Crippen molar-refractivity contribution >= 4 is 17.3 Å². The maximum Gasteiger partial charge on any atom is 0.129 e. The van der Waals surface area contributed by atoms with Crippen molar-refractivity contribution in [3.8, 4) is 6.07 Å². The third-order valence-corrected chi connectivity index (χ3v) is 1.49. The second kappa shape index (κ2) is 3.74. The summed E-state index contributed by atoms with van der Waals surface area (Å²) in [4.78, 5) is 3.78. The van der Waals surface area contributed by atoms with E-state index in [1.54, 1.807) is 12.1 Å². The quantitative estimate of drug-likeness (QED) is 0.526. The van der Waals surface area contributed by atoms with Gasteiger partial charge in [-0.15, -0.1) is 0 Å². The van der Waals surface area contributed by atoms with Crippen LogP contribution < -0.4 is 5.73 Å². The fourth-order valence-electron chi connectivity index (χ4n) is 0.735. The van der Waals surface area contributed by atoms with Gasteiger partial charge in [-0.1, -0.05) is 11.6 Å². The van der Waals surface area contributed by atoms with E-state index in [1.807, 2.05) is 6.07 Å². The first-order valence-electron chi connectivity index (χ1n) is 3.21. The Morgan fingerprint density at radius 1 is 1.75 bits per heavy atom. The Hall–Kier alpha value is -1.53. The van der Waals surface area contributed by atoms with Crippen molar-refractivity contribution in [1.82, 2.24) is 4.98 Å². The van der Waals surface area contributed by atoms with Crippen molar-refractivity contribution in [2.75, 3.05) is 0 Å². The van der Waals surface area contributed by atoms with Gasteiger partial charge in [0.1, 0.15) is 5.15 Å². The highest BCUT2D eigenvalue weighted by Gasteiger charge is 1.96. The summed E-state index contributed by atoms with van der Waals surface area (Å²) in [5.41, 5.74) is 6.62. The van der Waals surface area contributed by atoms with Gasteiger partial charge in [0.25, 0.3) is 0 Å². The third kappa shape index (κ3) is 1.97. The average Bonchev–Trinajstić information content (AvgIpc) is 2.05. The number of nitrogens with zero attached hydrogens (tertiary/aromatic N) is 2. The van der Waals surface area contributed by atoms with Gasteiger partial charge in [-0.2, -0.15) is 5.26 Å². The zero-order valence-corrected chi connectivity index (χ0v) is 6.92. The van der Waals surface area contributed by atoms with Crippen LogP contribution in [0.4, 0.5) is 0 Å². The Bertz CT molecular complexity index is 352. The molecule has 3 nitrogen and oxygen atoms in total. The van der Waals surface area contributed by atoms with Gasteiger partial charge in [-0.05, 0) is 12.1 Å². The summed E-state index contributed by atoms with van der Waals surface area (Å²) in [6.45, 7) is 0. The first-order chi connectivity index (χ1) is 5.74. The van der Waals surface area contributed by atoms with Crippen LogP contribution in [-0.4, -0.2) is 4.98 Å². The van der Waals surface area contributed by atoms with Gasteiger partial charge in [0.2, 0.25) is 0 Å². The Morgan fingerprint density at radius 2 is 2.50 bits per heavy atom. The smallest absolute Gasteiger partial charge is 0.129 e. The monoisotopic (exact) mass is 179 g/mol. The van der Waals surface area contributed by atoms with Crippen LogP contribution in [0.15, 0.2) is 24.4 Å². The highest BCUT2D eigenvalue weighted by molar-refractivity contribution is 6.29. The molecule has 0 bridgehead atoms. The lowest BCUT2D eigenvalue weighted by Gasteiger charge is -1.98. The molecule has 0 aromatic carbocycles. The van der Waals surface area contributed by atoms with Crippen molar-refractivity contribution in [1.29, 1.82) is 5.26 Å². The molecular formula is C8H6ClN3. The summed E-state index contributed by atoms with van der Waals surface area (Å²) in [7, 11) is 0. The van der Waals surface area contributed by atoms with Crippen LogP contribution in [0.25, 0.3) is 5.70 Å². The molecule has 1 aromatic rings. The number of aromatic nitrogens is 1. The molecule has 0 atom stereocenters. The van der Waals surface area contributed by atoms with Gasteiger partial charge >= 0.3 is 0 Å². The number of rotatable bonds is 1. The summed E-state index contributed by atoms with van der Waals surface area (Å²) in [6, 6.07) is 5.13. The van der Waals surface area contributed by atoms with E-state index in [0.29, 0.717) is 16.4 Å². The summed E-state index contributed by atoms with van der Waals surface area (Å²) in [5.74, 6) is 0.